The number of hydrogen-bond acceptors (Lipinski definition) is 3. The van der Waals surface area contributed by atoms with Crippen LogP contribution in [0.1, 0.15) is 45.2 Å². The highest BCUT2D eigenvalue weighted by atomic mass is 16.1. The average molecular weight is 409 g/mol. The van der Waals surface area contributed by atoms with Gasteiger partial charge in [-0.15, -0.1) is 0 Å². The molecule has 3 N–H and O–H groups in total. The number of hydrogen-bond donors (Lipinski definition) is 3. The maximum Gasteiger partial charge on any atom is 0.251 e. The topological polar surface area (TPSA) is 74.0 Å². The van der Waals surface area contributed by atoms with Crippen LogP contribution in [0.15, 0.2) is 85.1 Å². The predicted molar refractivity (Wildman–Crippen MR) is 122 cm³/mol. The molecule has 1 heterocycles. The van der Waals surface area contributed by atoms with Crippen molar-refractivity contribution in [3.8, 4) is 0 Å². The van der Waals surface area contributed by atoms with Crippen LogP contribution in [0, 0.1) is 0 Å². The number of H-pyrrole nitrogens is 1. The summed E-state index contributed by atoms with van der Waals surface area (Å²) < 4.78 is 0. The molecule has 0 bridgehead atoms. The minimum Gasteiger partial charge on any atom is -0.371 e. The zero-order chi connectivity index (χ0) is 21.2. The molecule has 0 radical (unpaired) electrons. The lowest BCUT2D eigenvalue weighted by Crippen LogP contribution is -2.25. The summed E-state index contributed by atoms with van der Waals surface area (Å²) in [6.45, 7) is 0. The molecule has 1 amide bonds. The molecular formula is C26H23N3O2. The first kappa shape index (κ1) is 19.1. The SMILES string of the molecule is O=C(NC1CC1)c1cccc(NC(C(=O)c2c[nH]c3ccccc23)c2ccccc2)c1. The Kier molecular flexibility index (Phi) is 5.00. The molecule has 0 aliphatic heterocycles. The Morgan fingerprint density at radius 2 is 1.68 bits per heavy atom. The van der Waals surface area contributed by atoms with Gasteiger partial charge >= 0.3 is 0 Å². The Labute approximate surface area is 180 Å². The smallest absolute Gasteiger partial charge is 0.251 e. The number of aromatic nitrogens is 1. The Balaban J connectivity index is 1.47. The second kappa shape index (κ2) is 8.11. The lowest BCUT2D eigenvalue weighted by Gasteiger charge is -2.20. The van der Waals surface area contributed by atoms with E-state index in [1.165, 1.54) is 0 Å². The van der Waals surface area contributed by atoms with Crippen LogP contribution in [0.5, 0.6) is 0 Å². The zero-order valence-electron chi connectivity index (χ0n) is 17.0. The maximum absolute atomic E-state index is 13.6. The highest BCUT2D eigenvalue weighted by Gasteiger charge is 2.26. The number of aromatic amines is 1. The highest BCUT2D eigenvalue weighted by Crippen LogP contribution is 2.28. The third-order valence-electron chi connectivity index (χ3n) is 5.60. The fourth-order valence-electron chi connectivity index (χ4n) is 3.79. The van der Waals surface area contributed by atoms with Crippen LogP contribution in [-0.2, 0) is 0 Å². The van der Waals surface area contributed by atoms with E-state index in [0.29, 0.717) is 17.2 Å². The van der Waals surface area contributed by atoms with Crippen molar-refractivity contribution in [1.82, 2.24) is 10.3 Å². The lowest BCUT2D eigenvalue weighted by atomic mass is 9.96. The van der Waals surface area contributed by atoms with Gasteiger partial charge in [0.25, 0.3) is 5.91 Å². The third kappa shape index (κ3) is 4.08. The number of carbonyl (C=O) groups is 2. The first-order valence-corrected chi connectivity index (χ1v) is 10.5. The molecule has 0 saturated heterocycles. The van der Waals surface area contributed by atoms with Gasteiger partial charge in [-0.1, -0.05) is 54.6 Å². The summed E-state index contributed by atoms with van der Waals surface area (Å²) >= 11 is 0. The number of amides is 1. The summed E-state index contributed by atoms with van der Waals surface area (Å²) in [6, 6.07) is 24.5. The Bertz CT molecular complexity index is 1240. The van der Waals surface area contributed by atoms with Gasteiger partial charge in [0.15, 0.2) is 5.78 Å². The number of anilines is 1. The Hall–Kier alpha value is -3.86. The van der Waals surface area contributed by atoms with Gasteiger partial charge in [0.1, 0.15) is 6.04 Å². The van der Waals surface area contributed by atoms with Crippen molar-refractivity contribution >= 4 is 28.3 Å². The van der Waals surface area contributed by atoms with Crippen molar-refractivity contribution in [3.05, 3.63) is 102 Å². The second-order valence-electron chi connectivity index (χ2n) is 7.93. The molecule has 0 spiro atoms. The largest absolute Gasteiger partial charge is 0.371 e. The van der Waals surface area contributed by atoms with Gasteiger partial charge in [-0.2, -0.15) is 0 Å². The van der Waals surface area contributed by atoms with Crippen LogP contribution >= 0.6 is 0 Å². The molecule has 1 aliphatic carbocycles. The number of rotatable bonds is 7. The fourth-order valence-corrected chi connectivity index (χ4v) is 3.79. The van der Waals surface area contributed by atoms with Gasteiger partial charge in [-0.05, 0) is 42.7 Å². The maximum atomic E-state index is 13.6. The molecule has 1 unspecified atom stereocenters. The van der Waals surface area contributed by atoms with Gasteiger partial charge in [-0.3, -0.25) is 9.59 Å². The van der Waals surface area contributed by atoms with E-state index in [0.717, 1.165) is 35.0 Å². The number of benzene rings is 3. The van der Waals surface area contributed by atoms with E-state index >= 15 is 0 Å². The van der Waals surface area contributed by atoms with Crippen LogP contribution in [-0.4, -0.2) is 22.7 Å². The summed E-state index contributed by atoms with van der Waals surface area (Å²) in [5.74, 6) is -0.109. The first-order chi connectivity index (χ1) is 15.2. The van der Waals surface area contributed by atoms with Crippen molar-refractivity contribution in [2.45, 2.75) is 24.9 Å². The summed E-state index contributed by atoms with van der Waals surface area (Å²) in [4.78, 5) is 29.3. The van der Waals surface area contributed by atoms with E-state index in [4.69, 9.17) is 0 Å². The van der Waals surface area contributed by atoms with Crippen LogP contribution in [0.3, 0.4) is 0 Å². The van der Waals surface area contributed by atoms with Crippen molar-refractivity contribution < 1.29 is 9.59 Å². The molecule has 1 fully saturated rings. The number of nitrogens with one attached hydrogen (secondary N) is 3. The molecule has 5 nitrogen and oxygen atoms in total. The number of fused-ring (bicyclic) bond motifs is 1. The lowest BCUT2D eigenvalue weighted by molar-refractivity contribution is 0.0949. The summed E-state index contributed by atoms with van der Waals surface area (Å²) in [5, 5.41) is 7.27. The van der Waals surface area contributed by atoms with E-state index in [2.05, 4.69) is 15.6 Å². The summed E-state index contributed by atoms with van der Waals surface area (Å²) in [6.07, 6.45) is 3.85. The van der Waals surface area contributed by atoms with Gasteiger partial charge in [0.05, 0.1) is 0 Å². The molecule has 31 heavy (non-hydrogen) atoms. The third-order valence-corrected chi connectivity index (χ3v) is 5.60. The predicted octanol–water partition coefficient (Wildman–Crippen LogP) is 5.10. The monoisotopic (exact) mass is 409 g/mol. The Morgan fingerprint density at radius 3 is 2.48 bits per heavy atom. The summed E-state index contributed by atoms with van der Waals surface area (Å²) in [7, 11) is 0. The van der Waals surface area contributed by atoms with Crippen LogP contribution in [0.2, 0.25) is 0 Å². The number of Topliss-reactive ketones (excluding diaryl/α,β-unsaturated/α-hetero) is 1. The molecule has 1 saturated carbocycles. The van der Waals surface area contributed by atoms with E-state index in [-0.39, 0.29) is 11.7 Å². The Morgan fingerprint density at radius 1 is 0.903 bits per heavy atom. The molecular weight excluding hydrogens is 386 g/mol. The number of para-hydroxylation sites is 1. The minimum atomic E-state index is -0.581. The minimum absolute atomic E-state index is 0.0310. The first-order valence-electron chi connectivity index (χ1n) is 10.5. The molecule has 5 heteroatoms. The van der Waals surface area contributed by atoms with Gasteiger partial charge < -0.3 is 15.6 Å². The zero-order valence-corrected chi connectivity index (χ0v) is 17.0. The molecule has 3 aromatic carbocycles. The molecule has 1 aromatic heterocycles. The van der Waals surface area contributed by atoms with E-state index < -0.39 is 6.04 Å². The fraction of sp³-hybridized carbons (Fsp3) is 0.154. The number of carbonyl (C=O) groups excluding carboxylic acids is 2. The van der Waals surface area contributed by atoms with Crippen LogP contribution < -0.4 is 10.6 Å². The normalized spacial score (nSPS) is 14.2. The van der Waals surface area contributed by atoms with Crippen molar-refractivity contribution in [3.63, 3.8) is 0 Å². The molecule has 1 atom stereocenters. The number of ketones is 1. The van der Waals surface area contributed by atoms with E-state index in [1.807, 2.05) is 66.7 Å². The van der Waals surface area contributed by atoms with Crippen molar-refractivity contribution in [2.24, 2.45) is 0 Å². The molecule has 154 valence electrons. The van der Waals surface area contributed by atoms with Gasteiger partial charge in [0.2, 0.25) is 0 Å². The van der Waals surface area contributed by atoms with E-state index in [9.17, 15) is 9.59 Å². The van der Waals surface area contributed by atoms with E-state index in [1.54, 1.807) is 18.3 Å². The van der Waals surface area contributed by atoms with Gasteiger partial charge in [0, 0.05) is 40.0 Å². The van der Waals surface area contributed by atoms with Crippen LogP contribution in [0.4, 0.5) is 5.69 Å². The van der Waals surface area contributed by atoms with Crippen LogP contribution in [0.25, 0.3) is 10.9 Å². The quantitative estimate of drug-likeness (QED) is 0.372. The average Bonchev–Trinajstić information content (AvgIpc) is 3.52. The van der Waals surface area contributed by atoms with Crippen molar-refractivity contribution in [1.29, 1.82) is 0 Å². The molecule has 1 aliphatic rings. The summed E-state index contributed by atoms with van der Waals surface area (Å²) in [5.41, 5.74) is 3.75. The highest BCUT2D eigenvalue weighted by molar-refractivity contribution is 6.11. The van der Waals surface area contributed by atoms with Gasteiger partial charge in [-0.25, -0.2) is 0 Å². The second-order valence-corrected chi connectivity index (χ2v) is 7.93. The molecule has 5 rings (SSSR count). The van der Waals surface area contributed by atoms with Crippen molar-refractivity contribution in [2.75, 3.05) is 5.32 Å². The standard InChI is InChI=1S/C26H23N3O2/c30-25(22-16-27-23-12-5-4-11-21(22)23)24(17-7-2-1-3-8-17)28-20-10-6-9-18(15-20)26(31)29-19-13-14-19/h1-12,15-16,19,24,27-28H,13-14H2,(H,29,31). The molecule has 4 aromatic rings.